The first kappa shape index (κ1) is 17.0. The van der Waals surface area contributed by atoms with Gasteiger partial charge in [-0.2, -0.15) is 0 Å². The van der Waals surface area contributed by atoms with E-state index in [9.17, 15) is 0 Å². The standard InChI is InChI=1S/C14H22N4O.HI/c1-3-15-14(18-12-5-6-12)17-10-11-7-8-16-13(9-11)19-4-2;/h7-9,12H,3-6,10H2,1-2H3,(H2,15,17,18);1H. The van der Waals surface area contributed by atoms with Gasteiger partial charge in [0.25, 0.3) is 0 Å². The van der Waals surface area contributed by atoms with Crippen LogP contribution in [0.25, 0.3) is 0 Å². The number of halogens is 1. The Labute approximate surface area is 137 Å². The van der Waals surface area contributed by atoms with Crippen LogP contribution in [0.4, 0.5) is 0 Å². The number of hydrogen-bond donors (Lipinski definition) is 2. The van der Waals surface area contributed by atoms with Crippen molar-refractivity contribution in [3.05, 3.63) is 23.9 Å². The molecule has 1 fully saturated rings. The minimum absolute atomic E-state index is 0. The summed E-state index contributed by atoms with van der Waals surface area (Å²) < 4.78 is 5.38. The third kappa shape index (κ3) is 5.94. The maximum atomic E-state index is 5.38. The molecule has 6 heteroatoms. The van der Waals surface area contributed by atoms with Gasteiger partial charge in [-0.15, -0.1) is 24.0 Å². The highest BCUT2D eigenvalue weighted by Crippen LogP contribution is 2.18. The first-order valence-corrected chi connectivity index (χ1v) is 6.94. The number of guanidine groups is 1. The second-order valence-corrected chi connectivity index (χ2v) is 4.55. The number of aliphatic imine (C=N–C) groups is 1. The highest BCUT2D eigenvalue weighted by molar-refractivity contribution is 14.0. The van der Waals surface area contributed by atoms with E-state index in [0.29, 0.717) is 25.1 Å². The summed E-state index contributed by atoms with van der Waals surface area (Å²) in [6.07, 6.45) is 4.25. The molecule has 0 spiro atoms. The van der Waals surface area contributed by atoms with Crippen LogP contribution in [0.3, 0.4) is 0 Å². The number of aromatic nitrogens is 1. The van der Waals surface area contributed by atoms with Crippen molar-refractivity contribution in [1.29, 1.82) is 0 Å². The Morgan fingerprint density at radius 2 is 2.25 bits per heavy atom. The molecule has 20 heavy (non-hydrogen) atoms. The molecular formula is C14H23IN4O. The lowest BCUT2D eigenvalue weighted by molar-refractivity contribution is 0.326. The van der Waals surface area contributed by atoms with E-state index in [-0.39, 0.29) is 24.0 Å². The van der Waals surface area contributed by atoms with E-state index in [4.69, 9.17) is 4.74 Å². The Morgan fingerprint density at radius 3 is 2.90 bits per heavy atom. The molecule has 2 rings (SSSR count). The molecule has 2 N–H and O–H groups in total. The Bertz CT molecular complexity index is 435. The summed E-state index contributed by atoms with van der Waals surface area (Å²) in [5, 5.41) is 6.65. The van der Waals surface area contributed by atoms with Gasteiger partial charge in [0.15, 0.2) is 5.96 Å². The van der Waals surface area contributed by atoms with Crippen molar-refractivity contribution in [3.63, 3.8) is 0 Å². The van der Waals surface area contributed by atoms with Gasteiger partial charge in [0, 0.05) is 24.8 Å². The van der Waals surface area contributed by atoms with Crippen LogP contribution in [0.15, 0.2) is 23.3 Å². The molecule has 0 amide bonds. The number of rotatable bonds is 6. The number of nitrogens with zero attached hydrogens (tertiary/aromatic N) is 2. The van der Waals surface area contributed by atoms with Crippen molar-refractivity contribution < 1.29 is 4.74 Å². The largest absolute Gasteiger partial charge is 0.478 e. The van der Waals surface area contributed by atoms with E-state index in [1.807, 2.05) is 19.1 Å². The topological polar surface area (TPSA) is 58.5 Å². The van der Waals surface area contributed by atoms with E-state index in [1.54, 1.807) is 6.20 Å². The lowest BCUT2D eigenvalue weighted by Gasteiger charge is -2.10. The minimum atomic E-state index is 0. The van der Waals surface area contributed by atoms with Crippen LogP contribution in [0.5, 0.6) is 5.88 Å². The fourth-order valence-electron chi connectivity index (χ4n) is 1.69. The van der Waals surface area contributed by atoms with E-state index >= 15 is 0 Å². The molecule has 1 aromatic heterocycles. The summed E-state index contributed by atoms with van der Waals surface area (Å²) in [5.41, 5.74) is 1.10. The van der Waals surface area contributed by atoms with Crippen LogP contribution < -0.4 is 15.4 Å². The van der Waals surface area contributed by atoms with Gasteiger partial charge in [-0.3, -0.25) is 0 Å². The Morgan fingerprint density at radius 1 is 1.45 bits per heavy atom. The molecule has 0 saturated heterocycles. The maximum absolute atomic E-state index is 5.38. The molecule has 0 unspecified atom stereocenters. The van der Waals surface area contributed by atoms with Crippen molar-refractivity contribution in [2.75, 3.05) is 13.2 Å². The Hall–Kier alpha value is -1.05. The zero-order valence-electron chi connectivity index (χ0n) is 12.1. The summed E-state index contributed by atoms with van der Waals surface area (Å²) in [7, 11) is 0. The minimum Gasteiger partial charge on any atom is -0.478 e. The SMILES string of the molecule is CCNC(=NCc1ccnc(OCC)c1)NC1CC1.I. The fraction of sp³-hybridized carbons (Fsp3) is 0.571. The second-order valence-electron chi connectivity index (χ2n) is 4.55. The monoisotopic (exact) mass is 390 g/mol. The van der Waals surface area contributed by atoms with E-state index in [0.717, 1.165) is 18.1 Å². The smallest absolute Gasteiger partial charge is 0.213 e. The van der Waals surface area contributed by atoms with Crippen molar-refractivity contribution >= 4 is 29.9 Å². The molecule has 0 aliphatic heterocycles. The van der Waals surface area contributed by atoms with Gasteiger partial charge in [0.2, 0.25) is 5.88 Å². The first-order valence-electron chi connectivity index (χ1n) is 6.94. The molecule has 0 aromatic carbocycles. The fourth-order valence-corrected chi connectivity index (χ4v) is 1.69. The lowest BCUT2D eigenvalue weighted by Crippen LogP contribution is -2.38. The zero-order chi connectivity index (χ0) is 13.5. The molecule has 1 heterocycles. The van der Waals surface area contributed by atoms with Crippen molar-refractivity contribution in [1.82, 2.24) is 15.6 Å². The molecule has 1 aliphatic rings. The maximum Gasteiger partial charge on any atom is 0.213 e. The number of hydrogen-bond acceptors (Lipinski definition) is 3. The average Bonchev–Trinajstić information content (AvgIpc) is 3.21. The summed E-state index contributed by atoms with van der Waals surface area (Å²) >= 11 is 0. The third-order valence-electron chi connectivity index (χ3n) is 2.77. The molecular weight excluding hydrogens is 367 g/mol. The van der Waals surface area contributed by atoms with Crippen LogP contribution >= 0.6 is 24.0 Å². The molecule has 1 aliphatic carbocycles. The molecule has 5 nitrogen and oxygen atoms in total. The Kier molecular flexibility index (Phi) is 7.64. The van der Waals surface area contributed by atoms with Crippen molar-refractivity contribution in [2.45, 2.75) is 39.3 Å². The molecule has 1 saturated carbocycles. The second kappa shape index (κ2) is 8.99. The summed E-state index contributed by atoms with van der Waals surface area (Å²) in [6, 6.07) is 4.51. The number of ether oxygens (including phenoxy) is 1. The molecule has 112 valence electrons. The summed E-state index contributed by atoms with van der Waals surface area (Å²) in [4.78, 5) is 8.73. The van der Waals surface area contributed by atoms with Crippen molar-refractivity contribution in [2.24, 2.45) is 4.99 Å². The van der Waals surface area contributed by atoms with E-state index in [1.165, 1.54) is 12.8 Å². The van der Waals surface area contributed by atoms with Gasteiger partial charge in [-0.05, 0) is 38.3 Å². The van der Waals surface area contributed by atoms with E-state index < -0.39 is 0 Å². The van der Waals surface area contributed by atoms with Crippen LogP contribution in [-0.4, -0.2) is 30.1 Å². The van der Waals surface area contributed by atoms with Crippen LogP contribution in [0, 0.1) is 0 Å². The quantitative estimate of drug-likeness (QED) is 0.445. The predicted molar refractivity (Wildman–Crippen MR) is 91.8 cm³/mol. The van der Waals surface area contributed by atoms with Gasteiger partial charge in [0.1, 0.15) is 0 Å². The van der Waals surface area contributed by atoms with Gasteiger partial charge >= 0.3 is 0 Å². The van der Waals surface area contributed by atoms with Crippen molar-refractivity contribution in [3.8, 4) is 5.88 Å². The van der Waals surface area contributed by atoms with Crippen LogP contribution in [-0.2, 0) is 6.54 Å². The first-order chi connectivity index (χ1) is 9.31. The van der Waals surface area contributed by atoms with Crippen LogP contribution in [0.1, 0.15) is 32.3 Å². The normalized spacial score (nSPS) is 14.4. The van der Waals surface area contributed by atoms with Gasteiger partial charge < -0.3 is 15.4 Å². The molecule has 0 atom stereocenters. The molecule has 1 aromatic rings. The lowest BCUT2D eigenvalue weighted by atomic mass is 10.3. The highest BCUT2D eigenvalue weighted by atomic mass is 127. The van der Waals surface area contributed by atoms with E-state index in [2.05, 4.69) is 27.5 Å². The zero-order valence-corrected chi connectivity index (χ0v) is 14.4. The summed E-state index contributed by atoms with van der Waals surface area (Å²) in [5.74, 6) is 1.55. The highest BCUT2D eigenvalue weighted by Gasteiger charge is 2.21. The Balaban J connectivity index is 0.00000200. The average molecular weight is 390 g/mol. The summed E-state index contributed by atoms with van der Waals surface area (Å²) in [6.45, 7) is 6.16. The number of nitrogens with one attached hydrogen (secondary N) is 2. The van der Waals surface area contributed by atoms with Gasteiger partial charge in [-0.1, -0.05) is 0 Å². The molecule has 0 bridgehead atoms. The van der Waals surface area contributed by atoms with Gasteiger partial charge in [-0.25, -0.2) is 9.98 Å². The van der Waals surface area contributed by atoms with Crippen LogP contribution in [0.2, 0.25) is 0 Å². The van der Waals surface area contributed by atoms with Gasteiger partial charge in [0.05, 0.1) is 13.2 Å². The number of pyridine rings is 1. The molecule has 0 radical (unpaired) electrons. The third-order valence-corrected chi connectivity index (χ3v) is 2.77. The predicted octanol–water partition coefficient (Wildman–Crippen LogP) is 2.32.